The molecule has 0 fully saturated rings. The first-order valence-electron chi connectivity index (χ1n) is 10.8. The van der Waals surface area contributed by atoms with Gasteiger partial charge in [0.15, 0.2) is 18.1 Å². The topological polar surface area (TPSA) is 76.1 Å². The van der Waals surface area contributed by atoms with Gasteiger partial charge in [0.05, 0.1) is 0 Å². The van der Waals surface area contributed by atoms with Crippen molar-refractivity contribution in [3.63, 3.8) is 0 Å². The Morgan fingerprint density at radius 2 is 1.59 bits per heavy atom. The zero-order valence-corrected chi connectivity index (χ0v) is 19.8. The third-order valence-electron chi connectivity index (χ3n) is 5.38. The highest BCUT2D eigenvalue weighted by Gasteiger charge is 2.13. The van der Waals surface area contributed by atoms with Crippen LogP contribution < -0.4 is 9.47 Å². The first kappa shape index (κ1) is 25.0. The maximum atomic E-state index is 12.4. The number of carbonyl (C=O) groups is 2. The van der Waals surface area contributed by atoms with E-state index in [1.165, 1.54) is 5.56 Å². The summed E-state index contributed by atoms with van der Waals surface area (Å²) >= 11 is 0. The molecule has 32 heavy (non-hydrogen) atoms. The molecule has 0 atom stereocenters. The number of hydrogen-bond acceptors (Lipinski definition) is 4. The van der Waals surface area contributed by atoms with E-state index in [4.69, 9.17) is 14.6 Å². The maximum Gasteiger partial charge on any atom is 0.341 e. The van der Waals surface area contributed by atoms with Crippen molar-refractivity contribution >= 4 is 17.4 Å². The van der Waals surface area contributed by atoms with Crippen LogP contribution in [0.5, 0.6) is 11.5 Å². The number of rotatable bonds is 10. The molecule has 0 aliphatic carbocycles. The monoisotopic (exact) mass is 439 g/mol. The largest absolute Gasteiger partial charge is 0.485 e. The van der Waals surface area contributed by atoms with Gasteiger partial charge in [0.2, 0.25) is 5.91 Å². The van der Waals surface area contributed by atoms with E-state index in [1.807, 2.05) is 40.7 Å². The van der Waals surface area contributed by atoms with Crippen LogP contribution in [0.3, 0.4) is 0 Å². The summed E-state index contributed by atoms with van der Waals surface area (Å²) in [6.45, 7) is 13.0. The number of carbonyl (C=O) groups excluding carboxylic acids is 1. The number of hydrogen-bond donors (Lipinski definition) is 1. The van der Waals surface area contributed by atoms with Crippen LogP contribution in [-0.4, -0.2) is 41.6 Å². The molecule has 6 nitrogen and oxygen atoms in total. The lowest BCUT2D eigenvalue weighted by Gasteiger charge is -2.18. The number of carboxylic acids is 1. The number of carboxylic acid groups (broad SMARTS) is 1. The molecule has 0 bridgehead atoms. The summed E-state index contributed by atoms with van der Waals surface area (Å²) in [5.41, 5.74) is 6.09. The number of likely N-dealkylation sites (N-methyl/N-ethyl adjacent to an activating group) is 1. The van der Waals surface area contributed by atoms with Gasteiger partial charge >= 0.3 is 5.97 Å². The Morgan fingerprint density at radius 1 is 0.969 bits per heavy atom. The number of benzene rings is 2. The van der Waals surface area contributed by atoms with Crippen LogP contribution in [0, 0.1) is 20.8 Å². The SMILES string of the molecule is CCN(CC)C(=O)C=C(C)c1ccc(OCc2c(C)cc(C)cc2C)c(OCC(=O)O)c1. The minimum Gasteiger partial charge on any atom is -0.485 e. The zero-order chi connectivity index (χ0) is 23.8. The summed E-state index contributed by atoms with van der Waals surface area (Å²) in [6.07, 6.45) is 1.59. The summed E-state index contributed by atoms with van der Waals surface area (Å²) in [5.74, 6) is -0.352. The van der Waals surface area contributed by atoms with Crippen LogP contribution in [0.25, 0.3) is 5.57 Å². The Labute approximate surface area is 190 Å². The molecule has 0 aromatic heterocycles. The Bertz CT molecular complexity index is 982. The average molecular weight is 440 g/mol. The minimum absolute atomic E-state index is 0.0637. The van der Waals surface area contributed by atoms with Crippen molar-refractivity contribution in [3.05, 3.63) is 64.2 Å². The van der Waals surface area contributed by atoms with Crippen molar-refractivity contribution in [2.45, 2.75) is 48.1 Å². The first-order chi connectivity index (χ1) is 15.2. The van der Waals surface area contributed by atoms with E-state index in [0.717, 1.165) is 27.8 Å². The third kappa shape index (κ3) is 6.61. The molecule has 0 unspecified atom stereocenters. The summed E-state index contributed by atoms with van der Waals surface area (Å²) < 4.78 is 11.5. The average Bonchev–Trinajstić information content (AvgIpc) is 2.72. The molecule has 2 aromatic carbocycles. The number of aliphatic carboxylic acids is 1. The Hall–Kier alpha value is -3.28. The van der Waals surface area contributed by atoms with Gasteiger partial charge in [-0.15, -0.1) is 0 Å². The molecular formula is C26H33NO5. The van der Waals surface area contributed by atoms with E-state index in [9.17, 15) is 9.59 Å². The van der Waals surface area contributed by atoms with Crippen molar-refractivity contribution in [1.82, 2.24) is 4.90 Å². The maximum absolute atomic E-state index is 12.4. The molecule has 1 N–H and O–H groups in total. The van der Waals surface area contributed by atoms with E-state index >= 15 is 0 Å². The lowest BCUT2D eigenvalue weighted by molar-refractivity contribution is -0.139. The van der Waals surface area contributed by atoms with Crippen molar-refractivity contribution in [2.75, 3.05) is 19.7 Å². The predicted molar refractivity (Wildman–Crippen MR) is 126 cm³/mol. The summed E-state index contributed by atoms with van der Waals surface area (Å²) in [6, 6.07) is 9.54. The number of amides is 1. The van der Waals surface area contributed by atoms with Gasteiger partial charge in [0.1, 0.15) is 6.61 Å². The Balaban J connectivity index is 2.32. The third-order valence-corrected chi connectivity index (χ3v) is 5.38. The Kier molecular flexibility index (Phi) is 8.88. The molecule has 0 heterocycles. The molecule has 0 aliphatic rings. The first-order valence-corrected chi connectivity index (χ1v) is 10.8. The lowest BCUT2D eigenvalue weighted by atomic mass is 10.0. The van der Waals surface area contributed by atoms with E-state index in [-0.39, 0.29) is 5.91 Å². The number of allylic oxidation sites excluding steroid dienone is 1. The van der Waals surface area contributed by atoms with E-state index < -0.39 is 12.6 Å². The van der Waals surface area contributed by atoms with Gasteiger partial charge in [-0.2, -0.15) is 0 Å². The smallest absolute Gasteiger partial charge is 0.341 e. The highest BCUT2D eigenvalue weighted by Crippen LogP contribution is 2.32. The Morgan fingerprint density at radius 3 is 2.16 bits per heavy atom. The zero-order valence-electron chi connectivity index (χ0n) is 19.8. The van der Waals surface area contributed by atoms with E-state index in [0.29, 0.717) is 31.2 Å². The van der Waals surface area contributed by atoms with Gasteiger partial charge in [0, 0.05) is 19.2 Å². The van der Waals surface area contributed by atoms with Crippen LogP contribution in [0.4, 0.5) is 0 Å². The summed E-state index contributed by atoms with van der Waals surface area (Å²) in [7, 11) is 0. The van der Waals surface area contributed by atoms with Gasteiger partial charge in [-0.3, -0.25) is 4.79 Å². The standard InChI is InChI=1S/C26H33NO5/c1-7-27(8-2)25(28)13-18(4)21-9-10-23(24(14-21)32-16-26(29)30)31-15-22-19(5)11-17(3)12-20(22)6/h9-14H,7-8,15-16H2,1-6H3,(H,29,30). The summed E-state index contributed by atoms with van der Waals surface area (Å²) in [5, 5.41) is 9.06. The van der Waals surface area contributed by atoms with Gasteiger partial charge in [0.25, 0.3) is 0 Å². The molecule has 6 heteroatoms. The molecule has 0 saturated heterocycles. The fraction of sp³-hybridized carbons (Fsp3) is 0.385. The number of aryl methyl sites for hydroxylation is 3. The molecule has 0 aliphatic heterocycles. The molecule has 2 aromatic rings. The fourth-order valence-electron chi connectivity index (χ4n) is 3.61. The second-order valence-corrected chi connectivity index (χ2v) is 7.85. The van der Waals surface area contributed by atoms with Crippen LogP contribution in [0.15, 0.2) is 36.4 Å². The molecule has 172 valence electrons. The van der Waals surface area contributed by atoms with E-state index in [1.54, 1.807) is 23.1 Å². The molecular weight excluding hydrogens is 406 g/mol. The predicted octanol–water partition coefficient (Wildman–Crippen LogP) is 4.93. The molecule has 2 rings (SSSR count). The molecule has 0 radical (unpaired) electrons. The second-order valence-electron chi connectivity index (χ2n) is 7.85. The van der Waals surface area contributed by atoms with Crippen LogP contribution in [0.2, 0.25) is 0 Å². The second kappa shape index (κ2) is 11.4. The fourth-order valence-corrected chi connectivity index (χ4v) is 3.61. The highest BCUT2D eigenvalue weighted by atomic mass is 16.5. The van der Waals surface area contributed by atoms with Crippen molar-refractivity contribution < 1.29 is 24.2 Å². The summed E-state index contributed by atoms with van der Waals surface area (Å²) in [4.78, 5) is 25.2. The minimum atomic E-state index is -1.07. The van der Waals surface area contributed by atoms with Crippen LogP contribution in [-0.2, 0) is 16.2 Å². The molecule has 0 saturated carbocycles. The highest BCUT2D eigenvalue weighted by molar-refractivity contribution is 5.95. The normalized spacial score (nSPS) is 11.2. The lowest BCUT2D eigenvalue weighted by Crippen LogP contribution is -2.28. The van der Waals surface area contributed by atoms with Gasteiger partial charge < -0.3 is 19.5 Å². The van der Waals surface area contributed by atoms with Crippen LogP contribution >= 0.6 is 0 Å². The number of nitrogens with zero attached hydrogens (tertiary/aromatic N) is 1. The quantitative estimate of drug-likeness (QED) is 0.532. The van der Waals surface area contributed by atoms with Crippen molar-refractivity contribution in [3.8, 4) is 11.5 Å². The van der Waals surface area contributed by atoms with Gasteiger partial charge in [-0.1, -0.05) is 23.8 Å². The van der Waals surface area contributed by atoms with Crippen LogP contribution in [0.1, 0.15) is 48.6 Å². The number of ether oxygens (including phenoxy) is 2. The van der Waals surface area contributed by atoms with E-state index in [2.05, 4.69) is 19.1 Å². The van der Waals surface area contributed by atoms with Gasteiger partial charge in [-0.05, 0) is 81.5 Å². The van der Waals surface area contributed by atoms with Gasteiger partial charge in [-0.25, -0.2) is 4.79 Å². The van der Waals surface area contributed by atoms with Crippen molar-refractivity contribution in [1.29, 1.82) is 0 Å². The molecule has 1 amide bonds. The molecule has 0 spiro atoms. The van der Waals surface area contributed by atoms with Crippen molar-refractivity contribution in [2.24, 2.45) is 0 Å².